The van der Waals surface area contributed by atoms with E-state index in [1.807, 2.05) is 0 Å². The minimum absolute atomic E-state index is 0.0924. The topological polar surface area (TPSA) is 64.9 Å². The summed E-state index contributed by atoms with van der Waals surface area (Å²) in [4.78, 5) is 16.0. The third-order valence-electron chi connectivity index (χ3n) is 4.14. The molecule has 0 spiro atoms. The Kier molecular flexibility index (Phi) is 6.91. The van der Waals surface area contributed by atoms with Crippen molar-refractivity contribution in [3.05, 3.63) is 28.3 Å². The van der Waals surface area contributed by atoms with Crippen LogP contribution in [0.5, 0.6) is 0 Å². The van der Waals surface area contributed by atoms with Crippen molar-refractivity contribution >= 4 is 61.0 Å². The maximum atomic E-state index is 13.5. The number of hydrogen-bond acceptors (Lipinski definition) is 4. The zero-order valence-electron chi connectivity index (χ0n) is 15.1. The van der Waals surface area contributed by atoms with Crippen molar-refractivity contribution in [1.29, 1.82) is 0 Å². The number of aliphatic imine (C=N–C) groups is 1. The standard InChI is InChI=1S/C15H9Br2ClF9N3O2/c1-2-30-9(31)11(16,17)14(32,15(25,26)27)29-10(30)28-7-4-5(12(19,20)21)3-6(8(7)18)13(22,23)24/h3-4,32H,2H2,1H3,(H,28,29). The molecule has 0 bridgehead atoms. The summed E-state index contributed by atoms with van der Waals surface area (Å²) in [6.07, 6.45) is -16.3. The van der Waals surface area contributed by atoms with Gasteiger partial charge in [0.25, 0.3) is 11.6 Å². The number of alkyl halides is 11. The van der Waals surface area contributed by atoms with Crippen molar-refractivity contribution < 1.29 is 49.4 Å². The van der Waals surface area contributed by atoms with Gasteiger partial charge in [0.1, 0.15) is 0 Å². The van der Waals surface area contributed by atoms with E-state index in [1.165, 1.54) is 6.92 Å². The van der Waals surface area contributed by atoms with Crippen molar-refractivity contribution in [1.82, 2.24) is 4.90 Å². The number of amides is 1. The number of nitrogens with zero attached hydrogens (tertiary/aromatic N) is 2. The highest BCUT2D eigenvalue weighted by atomic mass is 79.9. The predicted molar refractivity (Wildman–Crippen MR) is 101 cm³/mol. The Balaban J connectivity index is 2.77. The fraction of sp³-hybridized carbons (Fsp3) is 0.467. The molecule has 0 fully saturated rings. The molecule has 2 N–H and O–H groups in total. The molecule has 1 atom stereocenters. The number of anilines is 1. The summed E-state index contributed by atoms with van der Waals surface area (Å²) in [5.74, 6) is -2.70. The number of guanidine groups is 1. The predicted octanol–water partition coefficient (Wildman–Crippen LogP) is 5.74. The Morgan fingerprint density at radius 2 is 1.62 bits per heavy atom. The fourth-order valence-electron chi connectivity index (χ4n) is 2.53. The van der Waals surface area contributed by atoms with E-state index in [1.54, 1.807) is 5.32 Å². The van der Waals surface area contributed by atoms with Gasteiger partial charge in [-0.2, -0.15) is 39.5 Å². The maximum absolute atomic E-state index is 13.5. The molecule has 0 radical (unpaired) electrons. The van der Waals surface area contributed by atoms with Gasteiger partial charge in [0.15, 0.2) is 0 Å². The van der Waals surface area contributed by atoms with Gasteiger partial charge >= 0.3 is 18.5 Å². The van der Waals surface area contributed by atoms with E-state index in [2.05, 4.69) is 36.9 Å². The largest absolute Gasteiger partial charge is 0.441 e. The lowest BCUT2D eigenvalue weighted by atomic mass is 10.1. The molecule has 32 heavy (non-hydrogen) atoms. The summed E-state index contributed by atoms with van der Waals surface area (Å²) in [5, 5.41) is 10.6. The average Bonchev–Trinajstić information content (AvgIpc) is 2.59. The molecule has 2 rings (SSSR count). The second kappa shape index (κ2) is 8.20. The van der Waals surface area contributed by atoms with E-state index in [9.17, 15) is 49.4 Å². The van der Waals surface area contributed by atoms with Crippen LogP contribution in [0.25, 0.3) is 0 Å². The first kappa shape index (κ1) is 27.0. The molecule has 1 aromatic carbocycles. The zero-order chi connectivity index (χ0) is 25.1. The van der Waals surface area contributed by atoms with Gasteiger partial charge in [0.05, 0.1) is 21.8 Å². The van der Waals surface area contributed by atoms with Crippen molar-refractivity contribution in [2.24, 2.45) is 4.99 Å². The van der Waals surface area contributed by atoms with Gasteiger partial charge in [-0.1, -0.05) is 43.5 Å². The summed E-state index contributed by atoms with van der Waals surface area (Å²) in [6, 6.07) is -0.192. The van der Waals surface area contributed by atoms with Gasteiger partial charge in [-0.05, 0) is 19.1 Å². The number of aliphatic hydroxyl groups is 1. The van der Waals surface area contributed by atoms with E-state index in [0.29, 0.717) is 4.90 Å². The second-order valence-electron chi connectivity index (χ2n) is 6.24. The Bertz CT molecular complexity index is 963. The van der Waals surface area contributed by atoms with Gasteiger partial charge < -0.3 is 10.4 Å². The third kappa shape index (κ3) is 4.55. The normalized spacial score (nSPS) is 22.1. The van der Waals surface area contributed by atoms with Crippen molar-refractivity contribution in [3.8, 4) is 0 Å². The number of rotatable bonds is 2. The van der Waals surface area contributed by atoms with E-state index in [0.717, 1.165) is 0 Å². The molecule has 1 aromatic rings. The van der Waals surface area contributed by atoms with Crippen LogP contribution in [0.15, 0.2) is 17.1 Å². The summed E-state index contributed by atoms with van der Waals surface area (Å²) in [6.45, 7) is 0.776. The van der Waals surface area contributed by atoms with Crippen LogP contribution in [-0.2, 0) is 17.1 Å². The van der Waals surface area contributed by atoms with Gasteiger partial charge in [0, 0.05) is 6.54 Å². The van der Waals surface area contributed by atoms with Crippen LogP contribution < -0.4 is 5.32 Å². The van der Waals surface area contributed by atoms with E-state index >= 15 is 0 Å². The Hall–Kier alpha value is -1.26. The molecule has 0 aromatic heterocycles. The van der Waals surface area contributed by atoms with Gasteiger partial charge in [-0.25, -0.2) is 4.99 Å². The lowest BCUT2D eigenvalue weighted by Crippen LogP contribution is -2.68. The maximum Gasteiger partial charge on any atom is 0.441 e. The lowest BCUT2D eigenvalue weighted by molar-refractivity contribution is -0.259. The first-order valence-electron chi connectivity index (χ1n) is 8.02. The molecular formula is C15H9Br2ClF9N3O2. The number of carbonyl (C=O) groups is 1. The highest BCUT2D eigenvalue weighted by Crippen LogP contribution is 2.51. The van der Waals surface area contributed by atoms with Gasteiger partial charge in [-0.15, -0.1) is 0 Å². The molecule has 180 valence electrons. The molecular weight excluding hydrogens is 620 g/mol. The van der Waals surface area contributed by atoms with E-state index < -0.39 is 67.7 Å². The number of carbonyl (C=O) groups excluding carboxylic acids is 1. The van der Waals surface area contributed by atoms with Gasteiger partial charge in [0.2, 0.25) is 9.19 Å². The SMILES string of the molecule is CCN1C(=O)C(Br)(Br)C(O)(C(F)(F)F)N=C1Nc1cc(C(F)(F)F)cc(C(F)(F)F)c1Cl. The van der Waals surface area contributed by atoms with Crippen LogP contribution in [0.2, 0.25) is 5.02 Å². The average molecular weight is 629 g/mol. The molecule has 1 unspecified atom stereocenters. The molecule has 1 aliphatic heterocycles. The molecule has 0 saturated carbocycles. The molecule has 17 heteroatoms. The van der Waals surface area contributed by atoms with Crippen molar-refractivity contribution in [3.63, 3.8) is 0 Å². The van der Waals surface area contributed by atoms with Crippen molar-refractivity contribution in [2.45, 2.75) is 34.4 Å². The summed E-state index contributed by atoms with van der Waals surface area (Å²) in [7, 11) is 0. The Morgan fingerprint density at radius 1 is 1.09 bits per heavy atom. The third-order valence-corrected chi connectivity index (χ3v) is 6.33. The Morgan fingerprint density at radius 3 is 2.03 bits per heavy atom. The van der Waals surface area contributed by atoms with E-state index in [4.69, 9.17) is 11.6 Å². The highest BCUT2D eigenvalue weighted by Gasteiger charge is 2.72. The number of benzene rings is 1. The first-order chi connectivity index (χ1) is 14.2. The molecule has 1 heterocycles. The van der Waals surface area contributed by atoms with Crippen LogP contribution in [0, 0.1) is 0 Å². The van der Waals surface area contributed by atoms with Crippen molar-refractivity contribution in [2.75, 3.05) is 11.9 Å². The fourth-order valence-corrected chi connectivity index (χ4v) is 3.85. The number of nitrogens with one attached hydrogen (secondary N) is 1. The second-order valence-corrected chi connectivity index (χ2v) is 10.1. The van der Waals surface area contributed by atoms with Crippen LogP contribution in [0.4, 0.5) is 45.2 Å². The molecule has 1 aliphatic rings. The quantitative estimate of drug-likeness (QED) is 0.324. The number of hydrogen-bond donors (Lipinski definition) is 2. The summed E-state index contributed by atoms with van der Waals surface area (Å²) < 4.78 is 116. The van der Waals surface area contributed by atoms with Crippen LogP contribution in [-0.4, -0.2) is 43.6 Å². The summed E-state index contributed by atoms with van der Waals surface area (Å²) >= 11 is 10.4. The summed E-state index contributed by atoms with van der Waals surface area (Å²) in [5.41, 5.74) is -9.13. The molecule has 1 amide bonds. The minimum Gasteiger partial charge on any atom is -0.360 e. The molecule has 0 aliphatic carbocycles. The monoisotopic (exact) mass is 627 g/mol. The minimum atomic E-state index is -5.61. The molecule has 0 saturated heterocycles. The lowest BCUT2D eigenvalue weighted by Gasteiger charge is -2.43. The van der Waals surface area contributed by atoms with Crippen LogP contribution in [0.1, 0.15) is 18.1 Å². The van der Waals surface area contributed by atoms with Gasteiger partial charge in [-0.3, -0.25) is 9.69 Å². The highest BCUT2D eigenvalue weighted by molar-refractivity contribution is 9.26. The zero-order valence-corrected chi connectivity index (χ0v) is 19.1. The smallest absolute Gasteiger partial charge is 0.360 e. The Labute approximate surface area is 194 Å². The molecule has 5 nitrogen and oxygen atoms in total. The number of halogens is 12. The van der Waals surface area contributed by atoms with Crippen LogP contribution >= 0.6 is 43.5 Å². The van der Waals surface area contributed by atoms with E-state index in [-0.39, 0.29) is 12.1 Å². The first-order valence-corrected chi connectivity index (χ1v) is 9.98. The van der Waals surface area contributed by atoms with Crippen LogP contribution in [0.3, 0.4) is 0 Å².